The number of nitrogens with zero attached hydrogens (tertiary/aromatic N) is 2. The number of aromatic amines is 1. The molecule has 4 fully saturated rings. The number of aliphatic hydroxyl groups excluding tert-OH is 1. The minimum absolute atomic E-state index is 0.0312. The van der Waals surface area contributed by atoms with Gasteiger partial charge in [-0.05, 0) is 111 Å². The molecule has 3 aromatic carbocycles. The first kappa shape index (κ1) is 37.6. The Bertz CT molecular complexity index is 1930. The molecule has 4 aliphatic heterocycles. The molecule has 0 spiro atoms. The Balaban J connectivity index is 0.811. The Morgan fingerprint density at radius 1 is 0.926 bits per heavy atom. The number of aromatic nitrogens is 1. The van der Waals surface area contributed by atoms with Crippen molar-refractivity contribution in [1.29, 1.82) is 0 Å². The monoisotopic (exact) mass is 736 g/mol. The number of ether oxygens (including phenoxy) is 2. The first-order chi connectivity index (χ1) is 26.3. The number of fused-ring (bicyclic) bond motifs is 4. The predicted octanol–water partition coefficient (Wildman–Crippen LogP) is 4.85. The summed E-state index contributed by atoms with van der Waals surface area (Å²) in [5.41, 5.74) is 1.97. The smallest absolute Gasteiger partial charge is 0.317 e. The van der Waals surface area contributed by atoms with Crippen LogP contribution in [0.2, 0.25) is 0 Å². The average molecular weight is 737 g/mol. The van der Waals surface area contributed by atoms with Gasteiger partial charge >= 0.3 is 5.97 Å². The van der Waals surface area contributed by atoms with Crippen LogP contribution >= 0.6 is 0 Å². The van der Waals surface area contributed by atoms with E-state index in [1.807, 2.05) is 59.5 Å². The topological polar surface area (TPSA) is 144 Å². The molecule has 4 saturated heterocycles. The number of esters is 1. The van der Waals surface area contributed by atoms with E-state index in [0.29, 0.717) is 80.9 Å². The summed E-state index contributed by atoms with van der Waals surface area (Å²) in [5, 5.41) is 24.7. The van der Waals surface area contributed by atoms with Gasteiger partial charge in [-0.1, -0.05) is 48.5 Å². The summed E-state index contributed by atoms with van der Waals surface area (Å²) in [4.78, 5) is 45.9. The maximum Gasteiger partial charge on any atom is 0.317 e. The Kier molecular flexibility index (Phi) is 12.0. The lowest BCUT2D eigenvalue weighted by molar-refractivity contribution is -0.168. The lowest BCUT2D eigenvalue weighted by Gasteiger charge is -2.46. The number of H-pyrrole nitrogens is 1. The van der Waals surface area contributed by atoms with Gasteiger partial charge in [-0.25, -0.2) is 0 Å². The van der Waals surface area contributed by atoms with Crippen molar-refractivity contribution < 1.29 is 29.3 Å². The molecule has 11 heteroatoms. The van der Waals surface area contributed by atoms with Gasteiger partial charge in [-0.2, -0.15) is 0 Å². The predicted molar refractivity (Wildman–Crippen MR) is 207 cm³/mol. The molecule has 1 aromatic heterocycles. The van der Waals surface area contributed by atoms with Gasteiger partial charge < -0.3 is 34.9 Å². The Hall–Kier alpha value is -4.71. The normalized spacial score (nSPS) is 21.1. The molecule has 1 amide bonds. The van der Waals surface area contributed by atoms with Crippen LogP contribution in [0.3, 0.4) is 0 Å². The molecule has 4 aliphatic rings. The number of piperidine rings is 4. The number of rotatable bonds is 15. The molecule has 1 unspecified atom stereocenters. The number of phenols is 1. The number of pyridine rings is 1. The van der Waals surface area contributed by atoms with Gasteiger partial charge in [0.25, 0.3) is 0 Å². The van der Waals surface area contributed by atoms with Crippen LogP contribution in [-0.2, 0) is 26.2 Å². The first-order valence-corrected chi connectivity index (χ1v) is 19.5. The van der Waals surface area contributed by atoms with Crippen LogP contribution in [0.15, 0.2) is 83.7 Å². The zero-order chi connectivity index (χ0) is 37.5. The lowest BCUT2D eigenvalue weighted by atomic mass is 9.72. The number of carbonyl (C=O) groups is 2. The molecule has 54 heavy (non-hydrogen) atoms. The van der Waals surface area contributed by atoms with Crippen molar-refractivity contribution in [3.05, 3.63) is 106 Å². The van der Waals surface area contributed by atoms with Crippen LogP contribution in [0.5, 0.6) is 11.5 Å². The van der Waals surface area contributed by atoms with Crippen LogP contribution in [0.4, 0.5) is 0 Å². The minimum atomic E-state index is -0.793. The summed E-state index contributed by atoms with van der Waals surface area (Å²) >= 11 is 0. The second-order valence-corrected chi connectivity index (χ2v) is 15.1. The highest BCUT2D eigenvalue weighted by molar-refractivity contribution is 5.87. The summed E-state index contributed by atoms with van der Waals surface area (Å²) in [6.07, 6.45) is 5.22. The quantitative estimate of drug-likeness (QED) is 0.0996. The Morgan fingerprint density at radius 3 is 2.41 bits per heavy atom. The van der Waals surface area contributed by atoms with E-state index in [1.54, 1.807) is 12.1 Å². The van der Waals surface area contributed by atoms with Crippen molar-refractivity contribution in [3.63, 3.8) is 0 Å². The fourth-order valence-electron chi connectivity index (χ4n) is 8.40. The van der Waals surface area contributed by atoms with Gasteiger partial charge in [0, 0.05) is 44.1 Å². The van der Waals surface area contributed by atoms with Crippen molar-refractivity contribution >= 4 is 22.8 Å². The SMILES string of the molecule is O=C(CCc1ccc(OCCCCNCC(O)c2ccc(O)c3[nH]c(=O)ccc23)cc1)N1CCC(C(=O)O[C@H]2CN3CCC2CC3)(c2ccccc2)CC1. The van der Waals surface area contributed by atoms with Crippen molar-refractivity contribution in [3.8, 4) is 11.5 Å². The van der Waals surface area contributed by atoms with E-state index in [2.05, 4.69) is 15.2 Å². The van der Waals surface area contributed by atoms with E-state index in [1.165, 1.54) is 12.1 Å². The number of hydrogen-bond acceptors (Lipinski definition) is 9. The van der Waals surface area contributed by atoms with Gasteiger partial charge in [-0.15, -0.1) is 0 Å². The number of carbonyl (C=O) groups excluding carboxylic acids is 2. The van der Waals surface area contributed by atoms with Crippen LogP contribution in [-0.4, -0.2) is 95.4 Å². The molecule has 2 bridgehead atoms. The summed E-state index contributed by atoms with van der Waals surface area (Å²) in [6.45, 7) is 5.70. The maximum absolute atomic E-state index is 13.9. The van der Waals surface area contributed by atoms with Crippen molar-refractivity contribution in [1.82, 2.24) is 20.1 Å². The number of hydrogen-bond donors (Lipinski definition) is 4. The highest BCUT2D eigenvalue weighted by Crippen LogP contribution is 2.39. The van der Waals surface area contributed by atoms with Gasteiger partial charge in [0.15, 0.2) is 0 Å². The Morgan fingerprint density at radius 2 is 1.69 bits per heavy atom. The summed E-state index contributed by atoms with van der Waals surface area (Å²) in [6, 6.07) is 24.0. The molecule has 4 aromatic rings. The van der Waals surface area contributed by atoms with Crippen LogP contribution in [0.25, 0.3) is 10.9 Å². The van der Waals surface area contributed by atoms with Crippen LogP contribution in [0, 0.1) is 5.92 Å². The number of amides is 1. The third-order valence-corrected chi connectivity index (χ3v) is 11.7. The summed E-state index contributed by atoms with van der Waals surface area (Å²) < 4.78 is 12.2. The Labute approximate surface area is 316 Å². The van der Waals surface area contributed by atoms with E-state index in [-0.39, 0.29) is 29.3 Å². The van der Waals surface area contributed by atoms with Gasteiger partial charge in [-0.3, -0.25) is 19.3 Å². The molecule has 2 atom stereocenters. The van der Waals surface area contributed by atoms with E-state index in [0.717, 1.165) is 62.2 Å². The molecule has 8 rings (SSSR count). The van der Waals surface area contributed by atoms with Crippen LogP contribution < -0.4 is 15.6 Å². The van der Waals surface area contributed by atoms with E-state index in [9.17, 15) is 24.6 Å². The molecular weight excluding hydrogens is 684 g/mol. The zero-order valence-corrected chi connectivity index (χ0v) is 30.9. The third-order valence-electron chi connectivity index (χ3n) is 11.7. The number of nitrogens with one attached hydrogen (secondary N) is 2. The molecular formula is C43H52N4O7. The van der Waals surface area contributed by atoms with Gasteiger partial charge in [0.05, 0.1) is 23.6 Å². The molecule has 0 saturated carbocycles. The summed E-state index contributed by atoms with van der Waals surface area (Å²) in [7, 11) is 0. The molecule has 4 N–H and O–H groups in total. The first-order valence-electron chi connectivity index (χ1n) is 19.5. The zero-order valence-electron chi connectivity index (χ0n) is 30.9. The number of likely N-dealkylation sites (tertiary alicyclic amines) is 1. The molecule has 0 radical (unpaired) electrons. The lowest BCUT2D eigenvalue weighted by Crippen LogP contribution is -2.55. The van der Waals surface area contributed by atoms with Crippen molar-refractivity contribution in [2.75, 3.05) is 52.4 Å². The number of unbranched alkanes of at least 4 members (excludes halogenated alkanes) is 1. The molecule has 0 aliphatic carbocycles. The van der Waals surface area contributed by atoms with E-state index >= 15 is 0 Å². The van der Waals surface area contributed by atoms with Crippen LogP contribution in [0.1, 0.15) is 67.7 Å². The molecule has 11 nitrogen and oxygen atoms in total. The van der Waals surface area contributed by atoms with Crippen molar-refractivity contribution in [2.45, 2.75) is 69.0 Å². The second kappa shape index (κ2) is 17.2. The number of benzene rings is 3. The maximum atomic E-state index is 13.9. The highest BCUT2D eigenvalue weighted by Gasteiger charge is 2.47. The fourth-order valence-corrected chi connectivity index (χ4v) is 8.40. The number of phenolic OH excluding ortho intramolecular Hbond substituents is 1. The summed E-state index contributed by atoms with van der Waals surface area (Å²) in [5.74, 6) is 1.18. The standard InChI is InChI=1S/C43H52N4O7/c48-36-15-13-34(35-14-16-39(50)45-41(35)36)37(49)28-44-22-4-5-27-53-33-11-8-30(9-12-33)10-17-40(51)47-25-20-43(21-26-47,32-6-2-1-3-7-32)42(52)54-38-29-46-23-18-31(38)19-24-46/h1-3,6-9,11-16,31,37-38,44,48-49H,4-5,10,17-29H2,(H,45,50)/t37?,38-/m0/s1. The number of aryl methyl sites for hydroxylation is 1. The van der Waals surface area contributed by atoms with E-state index in [4.69, 9.17) is 9.47 Å². The largest absolute Gasteiger partial charge is 0.506 e. The second-order valence-electron chi connectivity index (χ2n) is 15.1. The minimum Gasteiger partial charge on any atom is -0.506 e. The molecule has 286 valence electrons. The third kappa shape index (κ3) is 8.64. The number of aromatic hydroxyl groups is 1. The number of aliphatic hydroxyl groups is 1. The van der Waals surface area contributed by atoms with E-state index < -0.39 is 11.5 Å². The highest BCUT2D eigenvalue weighted by atomic mass is 16.5. The van der Waals surface area contributed by atoms with Crippen molar-refractivity contribution in [2.24, 2.45) is 5.92 Å². The van der Waals surface area contributed by atoms with Gasteiger partial charge in [0.1, 0.15) is 17.6 Å². The van der Waals surface area contributed by atoms with Gasteiger partial charge in [0.2, 0.25) is 11.5 Å². The fraction of sp³-hybridized carbons (Fsp3) is 0.465. The average Bonchev–Trinajstić information content (AvgIpc) is 3.21. The molecule has 5 heterocycles.